The van der Waals surface area contributed by atoms with Crippen LogP contribution in [-0.2, 0) is 16.6 Å². The molecule has 0 aliphatic carbocycles. The van der Waals surface area contributed by atoms with Crippen LogP contribution in [0.2, 0.25) is 0 Å². The van der Waals surface area contributed by atoms with Crippen molar-refractivity contribution in [1.82, 2.24) is 15.3 Å². The lowest BCUT2D eigenvalue weighted by Gasteiger charge is -2.15. The van der Waals surface area contributed by atoms with Gasteiger partial charge in [-0.05, 0) is 30.3 Å². The average Bonchev–Trinajstić information content (AvgIpc) is 3.52. The molecule has 0 radical (unpaired) electrons. The fourth-order valence-electron chi connectivity index (χ4n) is 3.14. The van der Waals surface area contributed by atoms with E-state index in [2.05, 4.69) is 45.2 Å². The minimum Gasteiger partial charge on any atom is -0.472 e. The molecule has 1 aromatic carbocycles. The molecule has 180 valence electrons. The van der Waals surface area contributed by atoms with Gasteiger partial charge in [-0.2, -0.15) is 5.26 Å². The number of rotatable bonds is 9. The molecule has 11 heteroatoms. The third kappa shape index (κ3) is 5.43. The van der Waals surface area contributed by atoms with E-state index in [0.717, 1.165) is 16.8 Å². The summed E-state index contributed by atoms with van der Waals surface area (Å²) in [7, 11) is -3.88. The summed E-state index contributed by atoms with van der Waals surface area (Å²) in [5, 5.41) is 18.2. The lowest BCUT2D eigenvalue weighted by Crippen LogP contribution is -2.22. The molecular formula is C23H28N6O3S2. The Morgan fingerprint density at radius 1 is 1.21 bits per heavy atom. The normalized spacial score (nSPS) is 11.4. The van der Waals surface area contributed by atoms with Gasteiger partial charge < -0.3 is 15.1 Å². The first-order valence-electron chi connectivity index (χ1n) is 10.3. The second-order valence-electron chi connectivity index (χ2n) is 7.66. The lowest BCUT2D eigenvalue weighted by atomic mass is 10.1. The van der Waals surface area contributed by atoms with E-state index in [1.807, 2.05) is 12.1 Å². The highest BCUT2D eigenvalue weighted by atomic mass is 32.2. The Balaban J connectivity index is 0.00000228. The SMILES string of the molecule is CC(C)NCc1cc(-c2ccoc2)c(Nc2ccc(S(=O)(=O)Nc3nccs3)cc2C#N)cn1.[HH].[HH].[HH]. The molecule has 3 aromatic heterocycles. The van der Waals surface area contributed by atoms with Crippen LogP contribution in [0.15, 0.2) is 69.9 Å². The van der Waals surface area contributed by atoms with Crippen LogP contribution < -0.4 is 15.4 Å². The van der Waals surface area contributed by atoms with E-state index < -0.39 is 10.0 Å². The monoisotopic (exact) mass is 500 g/mol. The highest BCUT2D eigenvalue weighted by molar-refractivity contribution is 7.93. The van der Waals surface area contributed by atoms with Crippen molar-refractivity contribution in [2.24, 2.45) is 0 Å². The zero-order valence-electron chi connectivity index (χ0n) is 18.4. The Kier molecular flexibility index (Phi) is 6.93. The zero-order chi connectivity index (χ0) is 24.1. The Bertz CT molecular complexity index is 1420. The topological polar surface area (TPSA) is 133 Å². The standard InChI is InChI=1S/C23H22N6O3S2.3H2/c1-15(2)26-12-18-10-20(16-5-7-32-14-16)22(13-27-18)28-21-4-3-19(9-17(21)11-24)34(30,31)29-23-25-6-8-33-23;;;/h3-10,13-15,26,28H,12H2,1-2H3,(H,25,29);3*1H. The molecule has 0 bridgehead atoms. The first-order chi connectivity index (χ1) is 16.4. The molecule has 0 aliphatic heterocycles. The number of anilines is 3. The van der Waals surface area contributed by atoms with Gasteiger partial charge in [0.25, 0.3) is 10.0 Å². The number of aromatic nitrogens is 2. The molecule has 0 saturated carbocycles. The number of thiazole rings is 1. The van der Waals surface area contributed by atoms with E-state index in [-0.39, 0.29) is 19.9 Å². The highest BCUT2D eigenvalue weighted by Crippen LogP contribution is 2.32. The van der Waals surface area contributed by atoms with Crippen molar-refractivity contribution in [1.29, 1.82) is 5.26 Å². The van der Waals surface area contributed by atoms with Crippen LogP contribution in [0.3, 0.4) is 0 Å². The number of furan rings is 1. The number of pyridine rings is 1. The first-order valence-corrected chi connectivity index (χ1v) is 12.7. The van der Waals surface area contributed by atoms with E-state index in [1.54, 1.807) is 30.2 Å². The van der Waals surface area contributed by atoms with Gasteiger partial charge in [0.1, 0.15) is 6.07 Å². The summed E-state index contributed by atoms with van der Waals surface area (Å²) in [6.45, 7) is 4.73. The maximum atomic E-state index is 12.7. The van der Waals surface area contributed by atoms with Crippen LogP contribution in [0.25, 0.3) is 11.1 Å². The van der Waals surface area contributed by atoms with Crippen LogP contribution in [0.4, 0.5) is 16.5 Å². The molecule has 0 atom stereocenters. The van der Waals surface area contributed by atoms with Gasteiger partial charge in [-0.15, -0.1) is 11.3 Å². The van der Waals surface area contributed by atoms with Crippen LogP contribution >= 0.6 is 11.3 Å². The fourth-order valence-corrected chi connectivity index (χ4v) is 4.96. The van der Waals surface area contributed by atoms with Gasteiger partial charge in [-0.1, -0.05) is 13.8 Å². The summed E-state index contributed by atoms with van der Waals surface area (Å²) in [4.78, 5) is 8.43. The number of nitrogens with zero attached hydrogens (tertiary/aromatic N) is 3. The number of hydrogen-bond donors (Lipinski definition) is 3. The molecule has 0 unspecified atom stereocenters. The van der Waals surface area contributed by atoms with Crippen molar-refractivity contribution in [2.75, 3.05) is 10.0 Å². The summed E-state index contributed by atoms with van der Waals surface area (Å²) in [6.07, 6.45) is 6.41. The molecule has 4 rings (SSSR count). The maximum absolute atomic E-state index is 12.7. The van der Waals surface area contributed by atoms with Crippen molar-refractivity contribution in [3.63, 3.8) is 0 Å². The van der Waals surface area contributed by atoms with Gasteiger partial charge in [0.2, 0.25) is 0 Å². The maximum Gasteiger partial charge on any atom is 0.263 e. The van der Waals surface area contributed by atoms with E-state index >= 15 is 0 Å². The molecule has 3 N–H and O–H groups in total. The summed E-state index contributed by atoms with van der Waals surface area (Å²) in [5.41, 5.74) is 3.82. The van der Waals surface area contributed by atoms with Gasteiger partial charge in [-0.25, -0.2) is 13.4 Å². The third-order valence-corrected chi connectivity index (χ3v) is 6.98. The van der Waals surface area contributed by atoms with Gasteiger partial charge >= 0.3 is 0 Å². The summed E-state index contributed by atoms with van der Waals surface area (Å²) in [5.74, 6) is 0. The molecule has 34 heavy (non-hydrogen) atoms. The number of sulfonamides is 1. The smallest absolute Gasteiger partial charge is 0.263 e. The van der Waals surface area contributed by atoms with Crippen molar-refractivity contribution < 1.29 is 17.1 Å². The molecule has 4 aromatic rings. The van der Waals surface area contributed by atoms with E-state index in [1.165, 1.54) is 29.7 Å². The fraction of sp³-hybridized carbons (Fsp3) is 0.174. The Morgan fingerprint density at radius 2 is 2.06 bits per heavy atom. The Morgan fingerprint density at radius 3 is 2.74 bits per heavy atom. The molecule has 0 spiro atoms. The van der Waals surface area contributed by atoms with Crippen LogP contribution in [0.1, 0.15) is 29.4 Å². The predicted molar refractivity (Wildman–Crippen MR) is 138 cm³/mol. The minimum atomic E-state index is -3.88. The third-order valence-electron chi connectivity index (χ3n) is 4.83. The molecule has 3 heterocycles. The molecule has 0 fully saturated rings. The lowest BCUT2D eigenvalue weighted by molar-refractivity contribution is 0.568. The van der Waals surface area contributed by atoms with Gasteiger partial charge in [0, 0.05) is 39.6 Å². The highest BCUT2D eigenvalue weighted by Gasteiger charge is 2.18. The van der Waals surface area contributed by atoms with Crippen LogP contribution in [0, 0.1) is 11.3 Å². The minimum absolute atomic E-state index is 0. The van der Waals surface area contributed by atoms with E-state index in [0.29, 0.717) is 24.0 Å². The first kappa shape index (κ1) is 23.4. The second-order valence-corrected chi connectivity index (χ2v) is 10.2. The van der Waals surface area contributed by atoms with Crippen molar-refractivity contribution in [2.45, 2.75) is 31.3 Å². The predicted octanol–water partition coefficient (Wildman–Crippen LogP) is 5.45. The number of benzene rings is 1. The van der Waals surface area contributed by atoms with Gasteiger partial charge in [0.15, 0.2) is 5.13 Å². The molecule has 9 nitrogen and oxygen atoms in total. The quantitative estimate of drug-likeness (QED) is 0.276. The Hall–Kier alpha value is -3.72. The molecular weight excluding hydrogens is 472 g/mol. The summed E-state index contributed by atoms with van der Waals surface area (Å²) < 4.78 is 33.1. The average molecular weight is 501 g/mol. The number of nitriles is 1. The van der Waals surface area contributed by atoms with E-state index in [9.17, 15) is 13.7 Å². The van der Waals surface area contributed by atoms with Crippen molar-refractivity contribution in [3.05, 3.63) is 71.9 Å². The van der Waals surface area contributed by atoms with Gasteiger partial charge in [-0.3, -0.25) is 9.71 Å². The molecule has 0 aliphatic rings. The van der Waals surface area contributed by atoms with Gasteiger partial charge in [0.05, 0.1) is 46.3 Å². The molecule has 0 amide bonds. The van der Waals surface area contributed by atoms with Crippen LogP contribution in [-0.4, -0.2) is 24.4 Å². The Labute approximate surface area is 206 Å². The summed E-state index contributed by atoms with van der Waals surface area (Å²) in [6, 6.07) is 10.5. The number of hydrogen-bond acceptors (Lipinski definition) is 9. The largest absolute Gasteiger partial charge is 0.472 e. The summed E-state index contributed by atoms with van der Waals surface area (Å²) >= 11 is 1.17. The second kappa shape index (κ2) is 10.0. The van der Waals surface area contributed by atoms with E-state index in [4.69, 9.17) is 4.42 Å². The number of nitrogens with one attached hydrogen (secondary N) is 3. The van der Waals surface area contributed by atoms with Crippen LogP contribution in [0.5, 0.6) is 0 Å². The molecule has 0 saturated heterocycles. The zero-order valence-corrected chi connectivity index (χ0v) is 20.1. The van der Waals surface area contributed by atoms with Crippen molar-refractivity contribution in [3.8, 4) is 17.2 Å². The van der Waals surface area contributed by atoms with Crippen molar-refractivity contribution >= 4 is 37.9 Å².